The van der Waals surface area contributed by atoms with Gasteiger partial charge in [-0.2, -0.15) is 5.10 Å². The third-order valence-electron chi connectivity index (χ3n) is 3.82. The Labute approximate surface area is 124 Å². The summed E-state index contributed by atoms with van der Waals surface area (Å²) in [5, 5.41) is 5.59. The predicted molar refractivity (Wildman–Crippen MR) is 85.1 cm³/mol. The molecule has 3 rings (SSSR count). The summed E-state index contributed by atoms with van der Waals surface area (Å²) in [5.41, 5.74) is 11.7. The SMILES string of the molecule is CCc1nn(C)cc1C(N)c1ccc2nc(C)ccc2c1. The maximum absolute atomic E-state index is 6.45. The average molecular weight is 280 g/mol. The predicted octanol–water partition coefficient (Wildman–Crippen LogP) is 2.89. The zero-order valence-electron chi connectivity index (χ0n) is 12.7. The largest absolute Gasteiger partial charge is 0.320 e. The van der Waals surface area contributed by atoms with E-state index in [1.807, 2.05) is 37.0 Å². The zero-order chi connectivity index (χ0) is 15.0. The molecule has 3 aromatic rings. The fourth-order valence-electron chi connectivity index (χ4n) is 2.71. The summed E-state index contributed by atoms with van der Waals surface area (Å²) in [5.74, 6) is 0. The first-order valence-electron chi connectivity index (χ1n) is 7.23. The van der Waals surface area contributed by atoms with E-state index < -0.39 is 0 Å². The van der Waals surface area contributed by atoms with Crippen molar-refractivity contribution in [1.29, 1.82) is 0 Å². The van der Waals surface area contributed by atoms with Crippen LogP contribution in [0.1, 0.15) is 35.5 Å². The molecule has 0 spiro atoms. The molecule has 2 heterocycles. The molecule has 21 heavy (non-hydrogen) atoms. The Hall–Kier alpha value is -2.20. The Morgan fingerprint density at radius 2 is 2.05 bits per heavy atom. The minimum absolute atomic E-state index is 0.153. The fourth-order valence-corrected chi connectivity index (χ4v) is 2.71. The summed E-state index contributed by atoms with van der Waals surface area (Å²) in [6.45, 7) is 4.11. The molecule has 0 radical (unpaired) electrons. The Bertz CT molecular complexity index is 789. The molecule has 0 bridgehead atoms. The number of fused-ring (bicyclic) bond motifs is 1. The van der Waals surface area contributed by atoms with E-state index >= 15 is 0 Å². The molecular weight excluding hydrogens is 260 g/mol. The monoisotopic (exact) mass is 280 g/mol. The van der Waals surface area contributed by atoms with Gasteiger partial charge in [0.25, 0.3) is 0 Å². The molecule has 2 N–H and O–H groups in total. The van der Waals surface area contributed by atoms with Gasteiger partial charge in [0.1, 0.15) is 0 Å². The Kier molecular flexibility index (Phi) is 3.47. The molecule has 4 heteroatoms. The van der Waals surface area contributed by atoms with Crippen molar-refractivity contribution in [2.45, 2.75) is 26.3 Å². The van der Waals surface area contributed by atoms with Gasteiger partial charge in [-0.25, -0.2) is 0 Å². The highest BCUT2D eigenvalue weighted by atomic mass is 15.3. The Morgan fingerprint density at radius 1 is 1.24 bits per heavy atom. The molecule has 108 valence electrons. The zero-order valence-corrected chi connectivity index (χ0v) is 12.7. The third-order valence-corrected chi connectivity index (χ3v) is 3.82. The van der Waals surface area contributed by atoms with Gasteiger partial charge >= 0.3 is 0 Å². The second-order valence-corrected chi connectivity index (χ2v) is 5.44. The molecule has 2 aromatic heterocycles. The molecule has 0 amide bonds. The second kappa shape index (κ2) is 5.30. The van der Waals surface area contributed by atoms with Crippen molar-refractivity contribution in [3.05, 3.63) is 59.0 Å². The Balaban J connectivity index is 2.04. The summed E-state index contributed by atoms with van der Waals surface area (Å²) >= 11 is 0. The van der Waals surface area contributed by atoms with Crippen molar-refractivity contribution in [2.75, 3.05) is 0 Å². The number of rotatable bonds is 3. The first-order chi connectivity index (χ1) is 10.1. The lowest BCUT2D eigenvalue weighted by molar-refractivity contribution is 0.746. The number of aromatic nitrogens is 3. The van der Waals surface area contributed by atoms with E-state index in [1.165, 1.54) is 0 Å². The number of nitrogens with two attached hydrogens (primary N) is 1. The first kappa shape index (κ1) is 13.8. The quantitative estimate of drug-likeness (QED) is 0.802. The molecular formula is C17H20N4. The molecule has 0 saturated carbocycles. The van der Waals surface area contributed by atoms with E-state index in [0.717, 1.165) is 39.8 Å². The van der Waals surface area contributed by atoms with Gasteiger partial charge in [-0.1, -0.05) is 19.1 Å². The van der Waals surface area contributed by atoms with E-state index in [9.17, 15) is 0 Å². The highest BCUT2D eigenvalue weighted by Gasteiger charge is 2.16. The minimum Gasteiger partial charge on any atom is -0.320 e. The van der Waals surface area contributed by atoms with Crippen molar-refractivity contribution in [3.8, 4) is 0 Å². The number of pyridine rings is 1. The van der Waals surface area contributed by atoms with Crippen LogP contribution in [-0.4, -0.2) is 14.8 Å². The standard InChI is InChI=1S/C17H20N4/c1-4-15-14(10-21(3)20-15)17(18)13-7-8-16-12(9-13)6-5-11(2)19-16/h5-10,17H,4,18H2,1-3H3. The van der Waals surface area contributed by atoms with Crippen LogP contribution in [0.3, 0.4) is 0 Å². The normalized spacial score (nSPS) is 12.8. The number of hydrogen-bond acceptors (Lipinski definition) is 3. The number of benzene rings is 1. The molecule has 0 aliphatic carbocycles. The molecule has 0 aliphatic rings. The van der Waals surface area contributed by atoms with Gasteiger partial charge in [-0.3, -0.25) is 9.67 Å². The van der Waals surface area contributed by atoms with Crippen molar-refractivity contribution in [1.82, 2.24) is 14.8 Å². The molecule has 0 fully saturated rings. The van der Waals surface area contributed by atoms with Crippen LogP contribution in [0.4, 0.5) is 0 Å². The summed E-state index contributed by atoms with van der Waals surface area (Å²) in [4.78, 5) is 4.53. The minimum atomic E-state index is -0.153. The average Bonchev–Trinajstić information content (AvgIpc) is 2.87. The topological polar surface area (TPSA) is 56.7 Å². The van der Waals surface area contributed by atoms with Crippen LogP contribution >= 0.6 is 0 Å². The van der Waals surface area contributed by atoms with Crippen LogP contribution in [0, 0.1) is 6.92 Å². The van der Waals surface area contributed by atoms with Crippen molar-refractivity contribution in [2.24, 2.45) is 12.8 Å². The number of aryl methyl sites for hydroxylation is 3. The van der Waals surface area contributed by atoms with E-state index in [0.29, 0.717) is 0 Å². The van der Waals surface area contributed by atoms with Gasteiger partial charge in [-0.05, 0) is 37.1 Å². The van der Waals surface area contributed by atoms with Gasteiger partial charge in [0.15, 0.2) is 0 Å². The summed E-state index contributed by atoms with van der Waals surface area (Å²) in [6.07, 6.45) is 2.90. The van der Waals surface area contributed by atoms with E-state index in [2.05, 4.69) is 35.2 Å². The van der Waals surface area contributed by atoms with Crippen LogP contribution in [0.5, 0.6) is 0 Å². The molecule has 0 aliphatic heterocycles. The summed E-state index contributed by atoms with van der Waals surface area (Å²) in [6, 6.07) is 10.2. The smallest absolute Gasteiger partial charge is 0.0705 e. The van der Waals surface area contributed by atoms with Crippen molar-refractivity contribution >= 4 is 10.9 Å². The van der Waals surface area contributed by atoms with Crippen LogP contribution in [-0.2, 0) is 13.5 Å². The lowest BCUT2D eigenvalue weighted by Crippen LogP contribution is -2.13. The van der Waals surface area contributed by atoms with Crippen LogP contribution in [0.15, 0.2) is 36.5 Å². The maximum Gasteiger partial charge on any atom is 0.0705 e. The lowest BCUT2D eigenvalue weighted by atomic mass is 9.98. The van der Waals surface area contributed by atoms with Crippen LogP contribution in [0.2, 0.25) is 0 Å². The Morgan fingerprint density at radius 3 is 2.81 bits per heavy atom. The second-order valence-electron chi connectivity index (χ2n) is 5.44. The van der Waals surface area contributed by atoms with Gasteiger partial charge in [0.2, 0.25) is 0 Å². The number of nitrogens with zero attached hydrogens (tertiary/aromatic N) is 3. The molecule has 4 nitrogen and oxygen atoms in total. The van der Waals surface area contributed by atoms with Gasteiger partial charge in [0, 0.05) is 29.9 Å². The third kappa shape index (κ3) is 2.54. The summed E-state index contributed by atoms with van der Waals surface area (Å²) < 4.78 is 1.83. The van der Waals surface area contributed by atoms with E-state index in [1.54, 1.807) is 0 Å². The highest BCUT2D eigenvalue weighted by Crippen LogP contribution is 2.25. The molecule has 1 atom stereocenters. The maximum atomic E-state index is 6.45. The lowest BCUT2D eigenvalue weighted by Gasteiger charge is -2.13. The van der Waals surface area contributed by atoms with E-state index in [4.69, 9.17) is 5.73 Å². The fraction of sp³-hybridized carbons (Fsp3) is 0.294. The van der Waals surface area contributed by atoms with Crippen LogP contribution < -0.4 is 5.73 Å². The van der Waals surface area contributed by atoms with Gasteiger partial charge < -0.3 is 5.73 Å². The van der Waals surface area contributed by atoms with Crippen molar-refractivity contribution in [3.63, 3.8) is 0 Å². The van der Waals surface area contributed by atoms with Crippen molar-refractivity contribution < 1.29 is 0 Å². The highest BCUT2D eigenvalue weighted by molar-refractivity contribution is 5.79. The van der Waals surface area contributed by atoms with Gasteiger partial charge in [0.05, 0.1) is 17.3 Å². The number of hydrogen-bond donors (Lipinski definition) is 1. The molecule has 0 saturated heterocycles. The molecule has 1 unspecified atom stereocenters. The molecule has 1 aromatic carbocycles. The van der Waals surface area contributed by atoms with Gasteiger partial charge in [-0.15, -0.1) is 0 Å². The van der Waals surface area contributed by atoms with Crippen LogP contribution in [0.25, 0.3) is 10.9 Å². The van der Waals surface area contributed by atoms with E-state index in [-0.39, 0.29) is 6.04 Å². The first-order valence-corrected chi connectivity index (χ1v) is 7.23. The summed E-state index contributed by atoms with van der Waals surface area (Å²) in [7, 11) is 1.93.